The van der Waals surface area contributed by atoms with E-state index in [0.717, 1.165) is 0 Å². The molecule has 1 aromatic rings. The molecular formula is C12H18N4O2. The fourth-order valence-corrected chi connectivity index (χ4v) is 1.27. The molecule has 0 aliphatic rings. The van der Waals surface area contributed by atoms with Gasteiger partial charge in [-0.3, -0.25) is 0 Å². The molecule has 0 aromatic carbocycles. The van der Waals surface area contributed by atoms with Crippen LogP contribution in [0.25, 0.3) is 0 Å². The molecule has 0 amide bonds. The van der Waals surface area contributed by atoms with Crippen LogP contribution in [0.2, 0.25) is 0 Å². The van der Waals surface area contributed by atoms with Crippen molar-refractivity contribution in [2.45, 2.75) is 26.3 Å². The van der Waals surface area contributed by atoms with Crippen LogP contribution in [-0.2, 0) is 4.79 Å². The molecule has 1 aromatic heterocycles. The number of nitrogens with one attached hydrogen (secondary N) is 2. The Bertz CT molecular complexity index is 457. The second-order valence-corrected chi connectivity index (χ2v) is 4.41. The molecule has 98 valence electrons. The van der Waals surface area contributed by atoms with Gasteiger partial charge in [0.15, 0.2) is 0 Å². The number of aryl methyl sites for hydroxylation is 1. The van der Waals surface area contributed by atoms with Crippen LogP contribution < -0.4 is 10.6 Å². The third-order valence-electron chi connectivity index (χ3n) is 2.24. The van der Waals surface area contributed by atoms with E-state index >= 15 is 0 Å². The van der Waals surface area contributed by atoms with Crippen molar-refractivity contribution >= 4 is 17.6 Å². The van der Waals surface area contributed by atoms with Gasteiger partial charge in [-0.15, -0.1) is 6.58 Å². The Kier molecular flexibility index (Phi) is 4.25. The second-order valence-electron chi connectivity index (χ2n) is 4.41. The summed E-state index contributed by atoms with van der Waals surface area (Å²) in [6.07, 6.45) is 1.71. The van der Waals surface area contributed by atoms with Gasteiger partial charge in [-0.1, -0.05) is 6.08 Å². The van der Waals surface area contributed by atoms with Gasteiger partial charge in [-0.05, 0) is 20.8 Å². The number of aliphatic carboxylic acids is 1. The van der Waals surface area contributed by atoms with Crippen LogP contribution >= 0.6 is 0 Å². The lowest BCUT2D eigenvalue weighted by atomic mass is 10.1. The van der Waals surface area contributed by atoms with Crippen LogP contribution in [0.3, 0.4) is 0 Å². The number of carboxylic acid groups (broad SMARTS) is 1. The fourth-order valence-electron chi connectivity index (χ4n) is 1.27. The zero-order valence-electron chi connectivity index (χ0n) is 10.8. The van der Waals surface area contributed by atoms with E-state index in [1.54, 1.807) is 32.9 Å². The average Bonchev–Trinajstić information content (AvgIpc) is 2.24. The molecule has 0 radical (unpaired) electrons. The van der Waals surface area contributed by atoms with Gasteiger partial charge < -0.3 is 15.7 Å². The summed E-state index contributed by atoms with van der Waals surface area (Å²) in [5.41, 5.74) is -1.09. The molecular weight excluding hydrogens is 232 g/mol. The van der Waals surface area contributed by atoms with Gasteiger partial charge >= 0.3 is 5.97 Å². The lowest BCUT2D eigenvalue weighted by molar-refractivity contribution is -0.141. The number of hydrogen-bond donors (Lipinski definition) is 3. The van der Waals surface area contributed by atoms with Crippen molar-refractivity contribution in [2.75, 3.05) is 17.2 Å². The lowest BCUT2D eigenvalue weighted by Crippen LogP contribution is -2.40. The second kappa shape index (κ2) is 5.48. The molecule has 0 saturated carbocycles. The molecule has 0 aliphatic carbocycles. The highest BCUT2D eigenvalue weighted by Gasteiger charge is 2.27. The van der Waals surface area contributed by atoms with E-state index in [2.05, 4.69) is 27.2 Å². The molecule has 0 fully saturated rings. The minimum Gasteiger partial charge on any atom is -0.480 e. The molecule has 0 atom stereocenters. The van der Waals surface area contributed by atoms with Gasteiger partial charge in [-0.2, -0.15) is 0 Å². The smallest absolute Gasteiger partial charge is 0.328 e. The van der Waals surface area contributed by atoms with Crippen LogP contribution in [0.4, 0.5) is 11.6 Å². The molecule has 1 heterocycles. The van der Waals surface area contributed by atoms with Gasteiger partial charge in [0, 0.05) is 12.6 Å². The maximum atomic E-state index is 11.0. The number of rotatable bonds is 6. The minimum absolute atomic E-state index is 0.474. The van der Waals surface area contributed by atoms with Crippen molar-refractivity contribution in [3.63, 3.8) is 0 Å². The van der Waals surface area contributed by atoms with Crippen molar-refractivity contribution in [2.24, 2.45) is 0 Å². The summed E-state index contributed by atoms with van der Waals surface area (Å²) in [5, 5.41) is 14.9. The van der Waals surface area contributed by atoms with Crippen LogP contribution in [0, 0.1) is 6.92 Å². The SMILES string of the molecule is C=CCNc1cc(NC(C)(C)C(=O)O)nc(C)n1. The van der Waals surface area contributed by atoms with Crippen molar-refractivity contribution in [1.82, 2.24) is 9.97 Å². The van der Waals surface area contributed by atoms with E-state index in [1.807, 2.05) is 0 Å². The van der Waals surface area contributed by atoms with Crippen molar-refractivity contribution in [3.8, 4) is 0 Å². The first kappa shape index (κ1) is 14.0. The normalized spacial score (nSPS) is 10.8. The van der Waals surface area contributed by atoms with Crippen LogP contribution in [0.1, 0.15) is 19.7 Å². The molecule has 0 aliphatic heterocycles. The Hall–Kier alpha value is -2.11. The summed E-state index contributed by atoms with van der Waals surface area (Å²) >= 11 is 0. The molecule has 6 heteroatoms. The summed E-state index contributed by atoms with van der Waals surface area (Å²) in [6, 6.07) is 1.67. The van der Waals surface area contributed by atoms with Gasteiger partial charge in [0.2, 0.25) is 0 Å². The Balaban J connectivity index is 2.92. The first-order chi connectivity index (χ1) is 8.35. The van der Waals surface area contributed by atoms with Crippen LogP contribution in [0.5, 0.6) is 0 Å². The van der Waals surface area contributed by atoms with Crippen molar-refractivity contribution < 1.29 is 9.90 Å². The topological polar surface area (TPSA) is 87.1 Å². The van der Waals surface area contributed by atoms with Crippen LogP contribution in [0.15, 0.2) is 18.7 Å². The molecule has 0 saturated heterocycles. The van der Waals surface area contributed by atoms with Gasteiger partial charge in [0.1, 0.15) is 23.0 Å². The van der Waals surface area contributed by atoms with E-state index in [9.17, 15) is 4.79 Å². The Morgan fingerprint density at radius 3 is 2.67 bits per heavy atom. The average molecular weight is 250 g/mol. The van der Waals surface area contributed by atoms with Gasteiger partial charge in [0.25, 0.3) is 0 Å². The number of carbonyl (C=O) groups is 1. The molecule has 18 heavy (non-hydrogen) atoms. The Labute approximate surface area is 106 Å². The van der Waals surface area contributed by atoms with E-state index < -0.39 is 11.5 Å². The molecule has 3 N–H and O–H groups in total. The predicted octanol–water partition coefficient (Wildman–Crippen LogP) is 1.66. The molecule has 0 unspecified atom stereocenters. The molecule has 1 rings (SSSR count). The Morgan fingerprint density at radius 1 is 1.50 bits per heavy atom. The summed E-state index contributed by atoms with van der Waals surface area (Å²) < 4.78 is 0. The highest BCUT2D eigenvalue weighted by atomic mass is 16.4. The van der Waals surface area contributed by atoms with Gasteiger partial charge in [0.05, 0.1) is 0 Å². The Morgan fingerprint density at radius 2 is 2.11 bits per heavy atom. The predicted molar refractivity (Wildman–Crippen MR) is 70.8 cm³/mol. The van der Waals surface area contributed by atoms with E-state index in [4.69, 9.17) is 5.11 Å². The molecule has 6 nitrogen and oxygen atoms in total. The fraction of sp³-hybridized carbons (Fsp3) is 0.417. The first-order valence-corrected chi connectivity index (χ1v) is 5.57. The maximum absolute atomic E-state index is 11.0. The quantitative estimate of drug-likeness (QED) is 0.665. The van der Waals surface area contributed by atoms with E-state index in [1.165, 1.54) is 0 Å². The van der Waals surface area contributed by atoms with E-state index in [-0.39, 0.29) is 0 Å². The summed E-state index contributed by atoms with van der Waals surface area (Å²) in [7, 11) is 0. The lowest BCUT2D eigenvalue weighted by Gasteiger charge is -2.22. The number of carboxylic acids is 1. The standard InChI is InChI=1S/C12H18N4O2/c1-5-6-13-9-7-10(15-8(2)14-9)16-12(3,4)11(17)18/h5,7H,1,6H2,2-4H3,(H,17,18)(H2,13,14,15,16). The largest absolute Gasteiger partial charge is 0.480 e. The highest BCUT2D eigenvalue weighted by Crippen LogP contribution is 2.16. The van der Waals surface area contributed by atoms with Crippen molar-refractivity contribution in [1.29, 1.82) is 0 Å². The molecule has 0 spiro atoms. The highest BCUT2D eigenvalue weighted by molar-refractivity contribution is 5.81. The van der Waals surface area contributed by atoms with E-state index in [0.29, 0.717) is 24.0 Å². The van der Waals surface area contributed by atoms with Gasteiger partial charge in [-0.25, -0.2) is 14.8 Å². The molecule has 0 bridgehead atoms. The first-order valence-electron chi connectivity index (χ1n) is 5.57. The van der Waals surface area contributed by atoms with Crippen LogP contribution in [-0.4, -0.2) is 33.1 Å². The zero-order chi connectivity index (χ0) is 13.8. The third kappa shape index (κ3) is 3.73. The summed E-state index contributed by atoms with van der Waals surface area (Å²) in [5.74, 6) is 0.722. The van der Waals surface area contributed by atoms with Crippen molar-refractivity contribution in [3.05, 3.63) is 24.5 Å². The summed E-state index contributed by atoms with van der Waals surface area (Å²) in [4.78, 5) is 19.4. The monoisotopic (exact) mass is 250 g/mol. The zero-order valence-corrected chi connectivity index (χ0v) is 10.8. The minimum atomic E-state index is -1.09. The number of hydrogen-bond acceptors (Lipinski definition) is 5. The number of nitrogens with zero attached hydrogens (tertiary/aromatic N) is 2. The number of aromatic nitrogens is 2. The summed E-state index contributed by atoms with van der Waals surface area (Å²) in [6.45, 7) is 9.08. The third-order valence-corrected chi connectivity index (χ3v) is 2.24. The maximum Gasteiger partial charge on any atom is 0.328 e. The number of anilines is 2.